The third-order valence-corrected chi connectivity index (χ3v) is 9.61. The number of halogens is 2. The molecule has 1 heterocycles. The smallest absolute Gasteiger partial charge is 0.267 e. The van der Waals surface area contributed by atoms with Crippen LogP contribution >= 0.6 is 11.6 Å². The van der Waals surface area contributed by atoms with Gasteiger partial charge < -0.3 is 4.74 Å². The summed E-state index contributed by atoms with van der Waals surface area (Å²) in [5, 5.41) is 0.143. The summed E-state index contributed by atoms with van der Waals surface area (Å²) in [7, 11) is -3.76. The van der Waals surface area contributed by atoms with Crippen molar-refractivity contribution in [1.29, 1.82) is 0 Å². The van der Waals surface area contributed by atoms with Gasteiger partial charge in [-0.15, -0.1) is 0 Å². The highest BCUT2D eigenvalue weighted by atomic mass is 35.5. The largest absolute Gasteiger partial charge is 0.489 e. The van der Waals surface area contributed by atoms with Crippen molar-refractivity contribution in [1.82, 2.24) is 9.62 Å². The topological polar surface area (TPSA) is 75.7 Å². The second-order valence-electron chi connectivity index (χ2n) is 10.7. The molecule has 9 heteroatoms. The summed E-state index contributed by atoms with van der Waals surface area (Å²) < 4.78 is 47.9. The van der Waals surface area contributed by atoms with Crippen LogP contribution in [0.25, 0.3) is 0 Å². The molecule has 2 aliphatic carbocycles. The molecule has 0 unspecified atom stereocenters. The fraction of sp³-hybridized carbons (Fsp3) is 0.519. The van der Waals surface area contributed by atoms with Gasteiger partial charge in [0, 0.05) is 23.2 Å². The Morgan fingerprint density at radius 1 is 1.14 bits per heavy atom. The summed E-state index contributed by atoms with van der Waals surface area (Å²) in [6, 6.07) is 10.6. The molecule has 2 aromatic carbocycles. The average molecular weight is 535 g/mol. The highest BCUT2D eigenvalue weighted by molar-refractivity contribution is 7.91. The van der Waals surface area contributed by atoms with Crippen LogP contribution in [0.4, 0.5) is 4.39 Å². The van der Waals surface area contributed by atoms with E-state index in [1.807, 2.05) is 22.9 Å². The molecule has 194 valence electrons. The van der Waals surface area contributed by atoms with E-state index in [1.165, 1.54) is 12.1 Å². The number of likely N-dealkylation sites (tertiary alicyclic amines) is 1. The minimum absolute atomic E-state index is 0.135. The fourth-order valence-electron chi connectivity index (χ4n) is 4.98. The number of nitrogens with one attached hydrogen (secondary N) is 1. The Balaban J connectivity index is 1.34. The molecule has 6 nitrogen and oxygen atoms in total. The number of amides is 1. The zero-order chi connectivity index (χ0) is 25.7. The third kappa shape index (κ3) is 5.41. The highest BCUT2D eigenvalue weighted by Gasteiger charge is 2.38. The van der Waals surface area contributed by atoms with Crippen LogP contribution in [0.3, 0.4) is 0 Å². The van der Waals surface area contributed by atoms with Gasteiger partial charge in [-0.2, -0.15) is 0 Å². The first-order valence-corrected chi connectivity index (χ1v) is 14.5. The second-order valence-corrected chi connectivity index (χ2v) is 13.1. The summed E-state index contributed by atoms with van der Waals surface area (Å²) in [6.45, 7) is 5.92. The first-order chi connectivity index (χ1) is 17.0. The van der Waals surface area contributed by atoms with Gasteiger partial charge in [0.15, 0.2) is 0 Å². The molecule has 5 rings (SSSR count). The Hall–Kier alpha value is -2.16. The van der Waals surface area contributed by atoms with Crippen molar-refractivity contribution < 1.29 is 22.3 Å². The number of carbonyl (C=O) groups is 1. The first kappa shape index (κ1) is 25.5. The SMILES string of the molecule is CC(C)(c1cccc(Cl)c1)N1CCC[C@@H](Oc2cc(F)c(C(=O)NS(=O)(=O)C3CC3)cc2C2CC2)C1. The van der Waals surface area contributed by atoms with Crippen LogP contribution in [0.15, 0.2) is 36.4 Å². The maximum atomic E-state index is 15.1. The number of sulfonamides is 1. The van der Waals surface area contributed by atoms with Crippen LogP contribution in [0.2, 0.25) is 5.02 Å². The number of hydrogen-bond donors (Lipinski definition) is 1. The van der Waals surface area contributed by atoms with Crippen LogP contribution < -0.4 is 9.46 Å². The Morgan fingerprint density at radius 2 is 1.89 bits per heavy atom. The zero-order valence-electron chi connectivity index (χ0n) is 20.6. The lowest BCUT2D eigenvalue weighted by atomic mass is 9.89. The van der Waals surface area contributed by atoms with Crippen molar-refractivity contribution >= 4 is 27.5 Å². The maximum Gasteiger partial charge on any atom is 0.267 e. The van der Waals surface area contributed by atoms with Gasteiger partial charge in [0.05, 0.1) is 10.8 Å². The molecule has 0 spiro atoms. The quantitative estimate of drug-likeness (QED) is 0.493. The predicted molar refractivity (Wildman–Crippen MR) is 137 cm³/mol. The van der Waals surface area contributed by atoms with Gasteiger partial charge in [-0.3, -0.25) is 9.69 Å². The van der Waals surface area contributed by atoms with Crippen molar-refractivity contribution in [3.05, 3.63) is 63.9 Å². The minimum Gasteiger partial charge on any atom is -0.489 e. The average Bonchev–Trinajstić information content (AvgIpc) is 3.72. The van der Waals surface area contributed by atoms with E-state index in [1.54, 1.807) is 0 Å². The molecule has 1 atom stereocenters. The summed E-state index contributed by atoms with van der Waals surface area (Å²) in [5.74, 6) is -1.05. The number of benzene rings is 2. The molecule has 2 aromatic rings. The lowest BCUT2D eigenvalue weighted by Gasteiger charge is -2.44. The molecule has 3 fully saturated rings. The molecule has 0 aromatic heterocycles. The van der Waals surface area contributed by atoms with Gasteiger partial charge in [0.2, 0.25) is 10.0 Å². The molecular weight excluding hydrogens is 503 g/mol. The van der Waals surface area contributed by atoms with Crippen LogP contribution in [-0.2, 0) is 15.6 Å². The van der Waals surface area contributed by atoms with E-state index in [4.69, 9.17) is 16.3 Å². The van der Waals surface area contributed by atoms with Crippen LogP contribution in [-0.4, -0.2) is 43.7 Å². The van der Waals surface area contributed by atoms with Gasteiger partial charge in [0.1, 0.15) is 17.7 Å². The number of hydrogen-bond acceptors (Lipinski definition) is 5. The molecule has 2 saturated carbocycles. The first-order valence-electron chi connectivity index (χ1n) is 12.6. The zero-order valence-corrected chi connectivity index (χ0v) is 22.2. The Bertz CT molecular complexity index is 1270. The van der Waals surface area contributed by atoms with Gasteiger partial charge in [-0.25, -0.2) is 17.5 Å². The van der Waals surface area contributed by atoms with Gasteiger partial charge in [-0.1, -0.05) is 23.7 Å². The summed E-state index contributed by atoms with van der Waals surface area (Å²) in [4.78, 5) is 15.0. The predicted octanol–water partition coefficient (Wildman–Crippen LogP) is 5.36. The van der Waals surface area contributed by atoms with Gasteiger partial charge in [0.25, 0.3) is 5.91 Å². The molecule has 1 saturated heterocycles. The van der Waals surface area contributed by atoms with Crippen LogP contribution in [0.5, 0.6) is 5.75 Å². The molecule has 0 bridgehead atoms. The number of piperidine rings is 1. The lowest BCUT2D eigenvalue weighted by Crippen LogP contribution is -2.50. The van der Waals surface area contributed by atoms with E-state index in [9.17, 15) is 13.2 Å². The molecule has 0 radical (unpaired) electrons. The molecule has 3 aliphatic rings. The molecular formula is C27H32ClFN2O4S. The summed E-state index contributed by atoms with van der Waals surface area (Å²) >= 11 is 6.24. The van der Waals surface area contributed by atoms with Crippen LogP contribution in [0, 0.1) is 5.82 Å². The number of ether oxygens (including phenoxy) is 1. The normalized spacial score (nSPS) is 21.3. The van der Waals surface area contributed by atoms with E-state index >= 15 is 4.39 Å². The van der Waals surface area contributed by atoms with Gasteiger partial charge >= 0.3 is 0 Å². The summed E-state index contributed by atoms with van der Waals surface area (Å²) in [6.07, 6.45) is 4.56. The highest BCUT2D eigenvalue weighted by Crippen LogP contribution is 2.46. The summed E-state index contributed by atoms with van der Waals surface area (Å²) in [5.41, 5.74) is 1.39. The molecule has 1 N–H and O–H groups in total. The van der Waals surface area contributed by atoms with E-state index in [-0.39, 0.29) is 23.1 Å². The Labute approximate surface area is 217 Å². The lowest BCUT2D eigenvalue weighted by molar-refractivity contribution is 0.0243. The standard InChI is InChI=1S/C27H32ClFN2O4S/c1-27(2,18-5-3-6-19(28)13-18)31-12-4-7-20(16-31)35-25-15-24(29)23(14-22(25)17-8-9-17)26(32)30-36(33,34)21-10-11-21/h3,5-6,13-15,17,20-21H,4,7-12,16H2,1-2H3,(H,30,32)/t20-/m1/s1. The van der Waals surface area contributed by atoms with E-state index in [2.05, 4.69) is 24.8 Å². The second kappa shape index (κ2) is 9.62. The van der Waals surface area contributed by atoms with Crippen molar-refractivity contribution in [2.24, 2.45) is 0 Å². The number of rotatable bonds is 8. The van der Waals surface area contributed by atoms with Crippen molar-refractivity contribution in [2.45, 2.75) is 75.2 Å². The molecule has 1 amide bonds. The maximum absolute atomic E-state index is 15.1. The van der Waals surface area contributed by atoms with Crippen molar-refractivity contribution in [3.63, 3.8) is 0 Å². The van der Waals surface area contributed by atoms with Crippen molar-refractivity contribution in [2.75, 3.05) is 13.1 Å². The molecule has 36 heavy (non-hydrogen) atoms. The van der Waals surface area contributed by atoms with E-state index < -0.39 is 27.0 Å². The number of nitrogens with zero attached hydrogens (tertiary/aromatic N) is 1. The van der Waals surface area contributed by atoms with E-state index in [0.29, 0.717) is 30.2 Å². The van der Waals surface area contributed by atoms with Gasteiger partial charge in [-0.05, 0) is 94.2 Å². The monoisotopic (exact) mass is 534 g/mol. The van der Waals surface area contributed by atoms with Crippen molar-refractivity contribution in [3.8, 4) is 5.75 Å². The van der Waals surface area contributed by atoms with Crippen LogP contribution in [0.1, 0.15) is 79.8 Å². The Kier molecular flexibility index (Phi) is 6.81. The minimum atomic E-state index is -3.76. The number of carbonyl (C=O) groups excluding carboxylic acids is 1. The third-order valence-electron chi connectivity index (χ3n) is 7.55. The Morgan fingerprint density at radius 3 is 2.56 bits per heavy atom. The molecule has 1 aliphatic heterocycles. The fourth-order valence-corrected chi connectivity index (χ4v) is 6.46. The van der Waals surface area contributed by atoms with E-state index in [0.717, 1.165) is 43.4 Å².